The molecule has 1 atom stereocenters. The Labute approximate surface area is 132 Å². The summed E-state index contributed by atoms with van der Waals surface area (Å²) in [5.41, 5.74) is 7.75. The number of halogens is 3. The number of rotatable bonds is 2. The molecule has 0 amide bonds. The van der Waals surface area contributed by atoms with Crippen LogP contribution < -0.4 is 5.73 Å². The maximum absolute atomic E-state index is 13.3. The molecule has 5 heteroatoms. The molecule has 1 aromatic heterocycles. The van der Waals surface area contributed by atoms with Gasteiger partial charge in [-0.1, -0.05) is 22.0 Å². The topological polar surface area (TPSA) is 39.2 Å². The molecular formula is C15H10Br2FNO. The summed E-state index contributed by atoms with van der Waals surface area (Å²) in [5.74, 6) is 0.339. The van der Waals surface area contributed by atoms with E-state index in [1.54, 1.807) is 12.1 Å². The molecule has 1 heterocycles. The maximum Gasteiger partial charge on any atom is 0.137 e. The second kappa shape index (κ2) is 5.31. The van der Waals surface area contributed by atoms with Crippen LogP contribution in [0.4, 0.5) is 4.39 Å². The molecule has 102 valence electrons. The molecule has 0 aliphatic rings. The highest BCUT2D eigenvalue weighted by molar-refractivity contribution is 9.10. The van der Waals surface area contributed by atoms with Crippen molar-refractivity contribution in [3.63, 3.8) is 0 Å². The quantitative estimate of drug-likeness (QED) is 0.648. The third-order valence-electron chi connectivity index (χ3n) is 3.11. The second-order valence-electron chi connectivity index (χ2n) is 4.48. The van der Waals surface area contributed by atoms with E-state index in [4.69, 9.17) is 10.2 Å². The van der Waals surface area contributed by atoms with Gasteiger partial charge < -0.3 is 10.2 Å². The lowest BCUT2D eigenvalue weighted by Crippen LogP contribution is -2.10. The number of fused-ring (bicyclic) bond motifs is 1. The molecule has 0 bridgehead atoms. The highest BCUT2D eigenvalue weighted by Gasteiger charge is 2.15. The summed E-state index contributed by atoms with van der Waals surface area (Å²) in [5, 5.41) is 0.978. The van der Waals surface area contributed by atoms with Crippen LogP contribution in [0.15, 0.2) is 55.8 Å². The molecule has 0 aliphatic carbocycles. The third kappa shape index (κ3) is 2.53. The van der Waals surface area contributed by atoms with Crippen molar-refractivity contribution in [2.75, 3.05) is 0 Å². The van der Waals surface area contributed by atoms with E-state index in [1.807, 2.05) is 24.3 Å². The highest BCUT2D eigenvalue weighted by atomic mass is 79.9. The lowest BCUT2D eigenvalue weighted by Gasteiger charge is -2.09. The molecule has 3 rings (SSSR count). The van der Waals surface area contributed by atoms with Crippen LogP contribution in [0, 0.1) is 5.82 Å². The summed E-state index contributed by atoms with van der Waals surface area (Å²) in [6.45, 7) is 0. The van der Waals surface area contributed by atoms with Crippen LogP contribution in [0.25, 0.3) is 11.0 Å². The zero-order valence-corrected chi connectivity index (χ0v) is 13.4. The SMILES string of the molecule is NC(c1ccc(F)c(Br)c1)c1cc2cc(Br)ccc2o1. The molecule has 0 saturated heterocycles. The van der Waals surface area contributed by atoms with E-state index < -0.39 is 6.04 Å². The van der Waals surface area contributed by atoms with Gasteiger partial charge in [-0.05, 0) is 57.9 Å². The van der Waals surface area contributed by atoms with Crippen molar-refractivity contribution in [1.29, 1.82) is 0 Å². The van der Waals surface area contributed by atoms with Gasteiger partial charge in [0.15, 0.2) is 0 Å². The van der Waals surface area contributed by atoms with Crippen LogP contribution in [0.3, 0.4) is 0 Å². The summed E-state index contributed by atoms with van der Waals surface area (Å²) in [7, 11) is 0. The van der Waals surface area contributed by atoms with Crippen LogP contribution in [-0.4, -0.2) is 0 Å². The third-order valence-corrected chi connectivity index (χ3v) is 4.21. The predicted octanol–water partition coefficient (Wildman–Crippen LogP) is 5.15. The lowest BCUT2D eigenvalue weighted by atomic mass is 10.1. The zero-order valence-electron chi connectivity index (χ0n) is 10.2. The van der Waals surface area contributed by atoms with Gasteiger partial charge in [0.05, 0.1) is 10.5 Å². The van der Waals surface area contributed by atoms with Gasteiger partial charge in [0, 0.05) is 9.86 Å². The Morgan fingerprint density at radius 1 is 1.05 bits per heavy atom. The average Bonchev–Trinajstić information content (AvgIpc) is 2.84. The second-order valence-corrected chi connectivity index (χ2v) is 6.25. The molecule has 2 nitrogen and oxygen atoms in total. The number of nitrogens with two attached hydrogens (primary N) is 1. The molecule has 0 radical (unpaired) electrons. The van der Waals surface area contributed by atoms with Gasteiger partial charge in [0.25, 0.3) is 0 Å². The van der Waals surface area contributed by atoms with Gasteiger partial charge in [-0.15, -0.1) is 0 Å². The minimum atomic E-state index is -0.432. The molecule has 0 saturated carbocycles. The minimum absolute atomic E-state index is 0.311. The molecule has 20 heavy (non-hydrogen) atoms. The molecule has 1 unspecified atom stereocenters. The fourth-order valence-electron chi connectivity index (χ4n) is 2.06. The van der Waals surface area contributed by atoms with Crippen LogP contribution in [-0.2, 0) is 0 Å². The van der Waals surface area contributed by atoms with Gasteiger partial charge in [-0.25, -0.2) is 4.39 Å². The monoisotopic (exact) mass is 397 g/mol. The Morgan fingerprint density at radius 2 is 1.85 bits per heavy atom. The normalized spacial score (nSPS) is 12.8. The number of hydrogen-bond acceptors (Lipinski definition) is 2. The van der Waals surface area contributed by atoms with E-state index in [0.29, 0.717) is 10.2 Å². The van der Waals surface area contributed by atoms with Crippen molar-refractivity contribution in [2.45, 2.75) is 6.04 Å². The Morgan fingerprint density at radius 3 is 2.60 bits per heavy atom. The average molecular weight is 399 g/mol. The summed E-state index contributed by atoms with van der Waals surface area (Å²) in [6.07, 6.45) is 0. The smallest absolute Gasteiger partial charge is 0.137 e. The first-order valence-electron chi connectivity index (χ1n) is 5.94. The number of furan rings is 1. The Hall–Kier alpha value is -1.17. The largest absolute Gasteiger partial charge is 0.459 e. The molecule has 3 aromatic rings. The van der Waals surface area contributed by atoms with Crippen LogP contribution in [0.5, 0.6) is 0 Å². The summed E-state index contributed by atoms with van der Waals surface area (Å²) in [4.78, 5) is 0. The van der Waals surface area contributed by atoms with Crippen molar-refractivity contribution in [3.05, 3.63) is 68.6 Å². The fourth-order valence-corrected chi connectivity index (χ4v) is 2.83. The molecule has 2 N–H and O–H groups in total. The predicted molar refractivity (Wildman–Crippen MR) is 84.0 cm³/mol. The van der Waals surface area contributed by atoms with Gasteiger partial charge in [-0.2, -0.15) is 0 Å². The first-order valence-corrected chi connectivity index (χ1v) is 7.53. The van der Waals surface area contributed by atoms with Gasteiger partial charge in [0.1, 0.15) is 17.2 Å². The van der Waals surface area contributed by atoms with Crippen molar-refractivity contribution in [2.24, 2.45) is 5.73 Å². The van der Waals surface area contributed by atoms with E-state index in [1.165, 1.54) is 6.07 Å². The first kappa shape index (κ1) is 13.8. The molecule has 0 fully saturated rings. The standard InChI is InChI=1S/C15H10Br2FNO/c16-10-2-4-13-9(5-10)7-14(20-13)15(19)8-1-3-12(18)11(17)6-8/h1-7,15H,19H2. The van der Waals surface area contributed by atoms with Crippen molar-refractivity contribution >= 4 is 42.8 Å². The highest BCUT2D eigenvalue weighted by Crippen LogP contribution is 2.30. The fraction of sp³-hybridized carbons (Fsp3) is 0.0667. The minimum Gasteiger partial charge on any atom is -0.459 e. The van der Waals surface area contributed by atoms with Crippen LogP contribution in [0.1, 0.15) is 17.4 Å². The molecule has 0 spiro atoms. The summed E-state index contributed by atoms with van der Waals surface area (Å²) < 4.78 is 20.4. The number of hydrogen-bond donors (Lipinski definition) is 1. The van der Waals surface area contributed by atoms with E-state index in [-0.39, 0.29) is 5.82 Å². The Kier molecular flexibility index (Phi) is 3.67. The maximum atomic E-state index is 13.3. The van der Waals surface area contributed by atoms with Gasteiger partial charge >= 0.3 is 0 Å². The lowest BCUT2D eigenvalue weighted by molar-refractivity contribution is 0.524. The van der Waals surface area contributed by atoms with Crippen LogP contribution >= 0.6 is 31.9 Å². The van der Waals surface area contributed by atoms with Crippen LogP contribution in [0.2, 0.25) is 0 Å². The van der Waals surface area contributed by atoms with Crippen molar-refractivity contribution in [3.8, 4) is 0 Å². The molecular weight excluding hydrogens is 389 g/mol. The van der Waals surface area contributed by atoms with E-state index in [2.05, 4.69) is 31.9 Å². The first-order chi connectivity index (χ1) is 9.54. The molecule has 2 aromatic carbocycles. The Bertz CT molecular complexity index is 785. The Balaban J connectivity index is 2.02. The van der Waals surface area contributed by atoms with Gasteiger partial charge in [-0.3, -0.25) is 0 Å². The zero-order chi connectivity index (χ0) is 14.3. The van der Waals surface area contributed by atoms with E-state index in [9.17, 15) is 4.39 Å². The summed E-state index contributed by atoms with van der Waals surface area (Å²) >= 11 is 6.58. The van der Waals surface area contributed by atoms with E-state index >= 15 is 0 Å². The number of benzene rings is 2. The summed E-state index contributed by atoms with van der Waals surface area (Å²) in [6, 6.07) is 12.0. The van der Waals surface area contributed by atoms with E-state index in [0.717, 1.165) is 21.0 Å². The molecule has 0 aliphatic heterocycles. The van der Waals surface area contributed by atoms with Crippen molar-refractivity contribution < 1.29 is 8.81 Å². The van der Waals surface area contributed by atoms with Crippen molar-refractivity contribution in [1.82, 2.24) is 0 Å². The van der Waals surface area contributed by atoms with Gasteiger partial charge in [0.2, 0.25) is 0 Å².